The number of hydrogen-bond acceptors (Lipinski definition) is 6. The van der Waals surface area contributed by atoms with E-state index in [-0.39, 0.29) is 11.3 Å². The van der Waals surface area contributed by atoms with Crippen LogP contribution in [0, 0.1) is 6.92 Å². The third-order valence-corrected chi connectivity index (χ3v) is 4.64. The topological polar surface area (TPSA) is 113 Å². The fraction of sp³-hybridized carbons (Fsp3) is 0.143. The average molecular weight is 427 g/mol. The number of pyridine rings is 1. The van der Waals surface area contributed by atoms with E-state index in [1.54, 1.807) is 43.3 Å². The van der Waals surface area contributed by atoms with E-state index in [2.05, 4.69) is 20.8 Å². The van der Waals surface area contributed by atoms with Crippen molar-refractivity contribution in [3.05, 3.63) is 63.4 Å². The number of nitrogens with zero attached hydrogens (tertiary/aromatic N) is 1. The lowest BCUT2D eigenvalue weighted by Gasteiger charge is -2.11. The lowest BCUT2D eigenvalue weighted by atomic mass is 10.1. The van der Waals surface area contributed by atoms with Gasteiger partial charge in [-0.15, -0.1) is 0 Å². The number of anilines is 2. The second-order valence-electron chi connectivity index (χ2n) is 6.48. The summed E-state index contributed by atoms with van der Waals surface area (Å²) >= 11 is 6.30. The average Bonchev–Trinajstić information content (AvgIpc) is 2.69. The zero-order valence-electron chi connectivity index (χ0n) is 16.5. The third-order valence-electron chi connectivity index (χ3n) is 4.33. The largest absolute Gasteiger partial charge is 0.495 e. The van der Waals surface area contributed by atoms with Crippen LogP contribution in [0.1, 0.15) is 12.5 Å². The van der Waals surface area contributed by atoms with Gasteiger partial charge >= 0.3 is 0 Å². The molecule has 1 aromatic heterocycles. The smallest absolute Gasteiger partial charge is 0.279 e. The van der Waals surface area contributed by atoms with Gasteiger partial charge in [0, 0.05) is 18.4 Å². The van der Waals surface area contributed by atoms with Crippen LogP contribution in [0.3, 0.4) is 0 Å². The van der Waals surface area contributed by atoms with Crippen LogP contribution in [0.4, 0.5) is 11.4 Å². The third kappa shape index (κ3) is 4.49. The van der Waals surface area contributed by atoms with Crippen molar-refractivity contribution in [1.29, 1.82) is 0 Å². The summed E-state index contributed by atoms with van der Waals surface area (Å²) < 4.78 is 5.19. The van der Waals surface area contributed by atoms with Gasteiger partial charge in [-0.1, -0.05) is 23.7 Å². The van der Waals surface area contributed by atoms with Crippen molar-refractivity contribution in [2.45, 2.75) is 13.8 Å². The van der Waals surface area contributed by atoms with E-state index in [0.29, 0.717) is 27.7 Å². The van der Waals surface area contributed by atoms with E-state index < -0.39 is 11.7 Å². The number of aryl methyl sites for hydroxylation is 1. The van der Waals surface area contributed by atoms with Gasteiger partial charge in [-0.2, -0.15) is 5.10 Å². The summed E-state index contributed by atoms with van der Waals surface area (Å²) in [4.78, 5) is 39.0. The predicted molar refractivity (Wildman–Crippen MR) is 118 cm³/mol. The Labute approximate surface area is 176 Å². The van der Waals surface area contributed by atoms with Crippen molar-refractivity contribution in [1.82, 2.24) is 4.98 Å². The summed E-state index contributed by atoms with van der Waals surface area (Å²) in [5.41, 5.74) is 4.08. The summed E-state index contributed by atoms with van der Waals surface area (Å²) in [5, 5.41) is 7.63. The van der Waals surface area contributed by atoms with Crippen molar-refractivity contribution in [2.75, 3.05) is 17.9 Å². The number of Topliss-reactive ketones (excluding diaryl/α,β-unsaturated/α-hetero) is 1. The number of carbonyl (C=O) groups is 2. The quantitative estimate of drug-likeness (QED) is 0.317. The molecular formula is C21H19ClN4O4. The van der Waals surface area contributed by atoms with Crippen molar-refractivity contribution in [3.8, 4) is 5.75 Å². The first-order chi connectivity index (χ1) is 14.3. The van der Waals surface area contributed by atoms with Gasteiger partial charge in [-0.05, 0) is 36.8 Å². The molecule has 1 heterocycles. The summed E-state index contributed by atoms with van der Waals surface area (Å²) in [7, 11) is 1.47. The van der Waals surface area contributed by atoms with Crippen molar-refractivity contribution in [3.63, 3.8) is 0 Å². The summed E-state index contributed by atoms with van der Waals surface area (Å²) in [6.07, 6.45) is 0. The molecule has 8 nitrogen and oxygen atoms in total. The molecule has 0 aliphatic heterocycles. The lowest BCUT2D eigenvalue weighted by molar-refractivity contribution is -0.114. The summed E-state index contributed by atoms with van der Waals surface area (Å²) in [6, 6.07) is 11.5. The van der Waals surface area contributed by atoms with Crippen molar-refractivity contribution >= 4 is 51.3 Å². The SMILES string of the molecule is COc1ccccc1NC(=O)/C(=N/Nc1cc2[nH]c(=O)cc(C)c2cc1Cl)C(C)=O. The number of ketones is 1. The van der Waals surface area contributed by atoms with E-state index in [1.807, 2.05) is 0 Å². The van der Waals surface area contributed by atoms with Crippen LogP contribution in [0.15, 0.2) is 52.4 Å². The minimum Gasteiger partial charge on any atom is -0.495 e. The van der Waals surface area contributed by atoms with Gasteiger partial charge in [-0.3, -0.25) is 19.8 Å². The number of amides is 1. The number of hydrazone groups is 1. The normalized spacial score (nSPS) is 11.3. The van der Waals surface area contributed by atoms with E-state index in [1.165, 1.54) is 20.1 Å². The molecule has 9 heteroatoms. The molecule has 1 amide bonds. The Kier molecular flexibility index (Phi) is 6.17. The number of nitrogens with one attached hydrogen (secondary N) is 3. The summed E-state index contributed by atoms with van der Waals surface area (Å²) in [6.45, 7) is 3.03. The van der Waals surface area contributed by atoms with Crippen molar-refractivity contribution < 1.29 is 14.3 Å². The van der Waals surface area contributed by atoms with Crippen LogP contribution in [0.2, 0.25) is 5.02 Å². The molecule has 0 spiro atoms. The minimum absolute atomic E-state index is 0.252. The second-order valence-corrected chi connectivity index (χ2v) is 6.88. The molecule has 3 N–H and O–H groups in total. The number of carbonyl (C=O) groups excluding carboxylic acids is 2. The molecule has 0 aliphatic carbocycles. The first-order valence-electron chi connectivity index (χ1n) is 8.92. The van der Waals surface area contributed by atoms with Crippen molar-refractivity contribution in [2.24, 2.45) is 5.10 Å². The number of hydrogen-bond donors (Lipinski definition) is 3. The van der Waals surface area contributed by atoms with Gasteiger partial charge in [0.2, 0.25) is 5.56 Å². The Balaban J connectivity index is 1.91. The van der Waals surface area contributed by atoms with E-state index in [4.69, 9.17) is 16.3 Å². The molecule has 154 valence electrons. The van der Waals surface area contributed by atoms with Gasteiger partial charge in [-0.25, -0.2) is 0 Å². The number of aromatic amines is 1. The highest BCUT2D eigenvalue weighted by Gasteiger charge is 2.19. The van der Waals surface area contributed by atoms with Gasteiger partial charge in [0.1, 0.15) is 5.75 Å². The molecule has 0 saturated carbocycles. The number of halogens is 1. The number of methoxy groups -OCH3 is 1. The Morgan fingerprint density at radius 3 is 2.57 bits per heavy atom. The number of benzene rings is 2. The van der Waals surface area contributed by atoms with Crippen LogP contribution >= 0.6 is 11.6 Å². The first-order valence-corrected chi connectivity index (χ1v) is 9.30. The monoisotopic (exact) mass is 426 g/mol. The van der Waals surface area contributed by atoms with Gasteiger partial charge in [0.05, 0.1) is 29.0 Å². The van der Waals surface area contributed by atoms with Crippen LogP contribution in [0.25, 0.3) is 10.9 Å². The fourth-order valence-corrected chi connectivity index (χ4v) is 3.07. The van der Waals surface area contributed by atoms with Crippen LogP contribution < -0.4 is 21.0 Å². The molecule has 0 atom stereocenters. The molecule has 0 radical (unpaired) electrons. The highest BCUT2D eigenvalue weighted by atomic mass is 35.5. The van der Waals surface area contributed by atoms with Crippen LogP contribution in [-0.4, -0.2) is 29.5 Å². The number of rotatable bonds is 6. The number of aromatic nitrogens is 1. The van der Waals surface area contributed by atoms with Gasteiger partial charge < -0.3 is 15.0 Å². The Bertz CT molecular complexity index is 1230. The molecule has 3 aromatic rings. The number of para-hydroxylation sites is 2. The highest BCUT2D eigenvalue weighted by molar-refractivity contribution is 6.67. The molecule has 0 aliphatic rings. The minimum atomic E-state index is -0.708. The zero-order chi connectivity index (χ0) is 21.8. The number of fused-ring (bicyclic) bond motifs is 1. The lowest BCUT2D eigenvalue weighted by Crippen LogP contribution is -2.29. The standard InChI is InChI=1S/C21H19ClN4O4/c1-11-8-19(28)23-16-10-17(14(22)9-13(11)16)25-26-20(12(2)27)21(29)24-15-6-4-5-7-18(15)30-3/h4-10,25H,1-3H3,(H,23,28)(H,24,29)/b26-20+. The van der Waals surface area contributed by atoms with Crippen LogP contribution in [-0.2, 0) is 9.59 Å². The fourth-order valence-electron chi connectivity index (χ4n) is 2.87. The number of ether oxygens (including phenoxy) is 1. The molecule has 0 bridgehead atoms. The molecular weight excluding hydrogens is 408 g/mol. The summed E-state index contributed by atoms with van der Waals surface area (Å²) in [5.74, 6) is -0.810. The maximum Gasteiger partial charge on any atom is 0.279 e. The number of H-pyrrole nitrogens is 1. The Hall–Kier alpha value is -3.65. The zero-order valence-corrected chi connectivity index (χ0v) is 17.3. The Morgan fingerprint density at radius 1 is 1.13 bits per heavy atom. The molecule has 0 fully saturated rings. The van der Waals surface area contributed by atoms with E-state index >= 15 is 0 Å². The van der Waals surface area contributed by atoms with Gasteiger partial charge in [0.25, 0.3) is 5.91 Å². The maximum atomic E-state index is 12.6. The molecule has 2 aromatic carbocycles. The maximum absolute atomic E-state index is 12.6. The molecule has 0 saturated heterocycles. The molecule has 0 unspecified atom stereocenters. The highest BCUT2D eigenvalue weighted by Crippen LogP contribution is 2.28. The van der Waals surface area contributed by atoms with Crippen LogP contribution in [0.5, 0.6) is 5.75 Å². The first kappa shape index (κ1) is 21.1. The predicted octanol–water partition coefficient (Wildman–Crippen LogP) is 3.49. The van der Waals surface area contributed by atoms with E-state index in [0.717, 1.165) is 10.9 Å². The molecule has 30 heavy (non-hydrogen) atoms. The van der Waals surface area contributed by atoms with Gasteiger partial charge in [0.15, 0.2) is 11.5 Å². The molecule has 3 rings (SSSR count). The second kappa shape index (κ2) is 8.79. The Morgan fingerprint density at radius 2 is 1.87 bits per heavy atom. The van der Waals surface area contributed by atoms with E-state index in [9.17, 15) is 14.4 Å².